The molecular weight excluding hydrogens is 232 g/mol. The van der Waals surface area contributed by atoms with Crippen LogP contribution in [0.25, 0.3) is 0 Å². The highest BCUT2D eigenvalue weighted by molar-refractivity contribution is 5.17. The fraction of sp³-hybridized carbons (Fsp3) is 0.643. The van der Waals surface area contributed by atoms with Gasteiger partial charge in [-0.15, -0.1) is 0 Å². The second-order valence-corrected chi connectivity index (χ2v) is 4.90. The quantitative estimate of drug-likeness (QED) is 0.836. The lowest BCUT2D eigenvalue weighted by atomic mass is 10.0. The molecule has 0 atom stereocenters. The normalized spacial score (nSPS) is 17.4. The summed E-state index contributed by atoms with van der Waals surface area (Å²) in [6.07, 6.45) is 8.79. The molecule has 1 N–H and O–H groups in total. The first-order valence-corrected chi connectivity index (χ1v) is 6.65. The van der Waals surface area contributed by atoms with Crippen molar-refractivity contribution in [3.63, 3.8) is 0 Å². The molecule has 18 heavy (non-hydrogen) atoms. The zero-order valence-corrected chi connectivity index (χ0v) is 10.6. The molecule has 0 aromatic carbocycles. The Kier molecular flexibility index (Phi) is 4.81. The summed E-state index contributed by atoms with van der Waals surface area (Å²) in [7, 11) is 0. The molecule has 1 aliphatic carbocycles. The number of aliphatic hydroxyl groups excluding tert-OH is 1. The van der Waals surface area contributed by atoms with Gasteiger partial charge in [0.2, 0.25) is 11.2 Å². The zero-order chi connectivity index (χ0) is 12.8. The van der Waals surface area contributed by atoms with Crippen LogP contribution in [0.1, 0.15) is 44.3 Å². The van der Waals surface area contributed by atoms with Crippen LogP contribution in [0.15, 0.2) is 21.5 Å². The Hall–Kier alpha value is -1.29. The fourth-order valence-electron chi connectivity index (χ4n) is 2.36. The Labute approximate surface area is 107 Å². The van der Waals surface area contributed by atoms with Crippen LogP contribution in [0.2, 0.25) is 0 Å². The minimum Gasteiger partial charge on any atom is -0.486 e. The van der Waals surface area contributed by atoms with E-state index in [1.165, 1.54) is 50.9 Å². The average Bonchev–Trinajstić information content (AvgIpc) is 2.66. The molecule has 100 valence electrons. The van der Waals surface area contributed by atoms with Gasteiger partial charge in [0.05, 0.1) is 6.61 Å². The molecule has 4 nitrogen and oxygen atoms in total. The maximum absolute atomic E-state index is 11.6. The average molecular weight is 252 g/mol. The standard InChI is InChI=1S/C14H20O4/c15-8-12-7-13(16)14(10-17-12)18-9-11-5-3-1-2-4-6-11/h7,10-11,15H,1-6,8-9H2. The van der Waals surface area contributed by atoms with Gasteiger partial charge in [-0.05, 0) is 18.8 Å². The predicted molar refractivity (Wildman–Crippen MR) is 67.6 cm³/mol. The van der Waals surface area contributed by atoms with E-state index in [0.29, 0.717) is 12.5 Å². The van der Waals surface area contributed by atoms with Crippen molar-refractivity contribution in [2.45, 2.75) is 45.1 Å². The Morgan fingerprint density at radius 1 is 1.28 bits per heavy atom. The van der Waals surface area contributed by atoms with Gasteiger partial charge in [-0.2, -0.15) is 0 Å². The van der Waals surface area contributed by atoms with E-state index in [0.717, 1.165) is 0 Å². The molecule has 0 aliphatic heterocycles. The molecule has 1 aliphatic rings. The van der Waals surface area contributed by atoms with Crippen LogP contribution in [0.5, 0.6) is 5.75 Å². The van der Waals surface area contributed by atoms with Crippen LogP contribution in [0, 0.1) is 5.92 Å². The van der Waals surface area contributed by atoms with E-state index in [4.69, 9.17) is 14.3 Å². The highest BCUT2D eigenvalue weighted by Gasteiger charge is 2.14. The Morgan fingerprint density at radius 2 is 2.00 bits per heavy atom. The third kappa shape index (κ3) is 3.60. The van der Waals surface area contributed by atoms with E-state index in [1.807, 2.05) is 0 Å². The lowest BCUT2D eigenvalue weighted by Crippen LogP contribution is -2.15. The van der Waals surface area contributed by atoms with E-state index in [2.05, 4.69) is 0 Å². The van der Waals surface area contributed by atoms with E-state index in [-0.39, 0.29) is 23.5 Å². The lowest BCUT2D eigenvalue weighted by Gasteiger charge is -2.14. The van der Waals surface area contributed by atoms with Gasteiger partial charge in [0, 0.05) is 6.07 Å². The van der Waals surface area contributed by atoms with Crippen LogP contribution < -0.4 is 10.2 Å². The number of aliphatic hydroxyl groups is 1. The molecule has 0 bridgehead atoms. The Morgan fingerprint density at radius 3 is 2.61 bits per heavy atom. The SMILES string of the molecule is O=c1cc(CO)occ1OCC1CCCCCC1. The zero-order valence-electron chi connectivity index (χ0n) is 10.6. The maximum atomic E-state index is 11.6. The maximum Gasteiger partial charge on any atom is 0.227 e. The van der Waals surface area contributed by atoms with E-state index < -0.39 is 0 Å². The summed E-state index contributed by atoms with van der Waals surface area (Å²) in [5, 5.41) is 8.84. The van der Waals surface area contributed by atoms with E-state index >= 15 is 0 Å². The molecule has 1 heterocycles. The highest BCUT2D eigenvalue weighted by Crippen LogP contribution is 2.23. The first kappa shape index (κ1) is 13.1. The van der Waals surface area contributed by atoms with Gasteiger partial charge in [0.25, 0.3) is 0 Å². The first-order chi connectivity index (χ1) is 8.79. The molecule has 1 saturated carbocycles. The molecule has 0 amide bonds. The van der Waals surface area contributed by atoms with Gasteiger partial charge in [0.15, 0.2) is 0 Å². The van der Waals surface area contributed by atoms with Gasteiger partial charge in [-0.25, -0.2) is 0 Å². The first-order valence-electron chi connectivity index (χ1n) is 6.65. The van der Waals surface area contributed by atoms with Gasteiger partial charge >= 0.3 is 0 Å². The van der Waals surface area contributed by atoms with Gasteiger partial charge in [-0.1, -0.05) is 25.7 Å². The van der Waals surface area contributed by atoms with Crippen molar-refractivity contribution in [2.24, 2.45) is 5.92 Å². The molecule has 4 heteroatoms. The van der Waals surface area contributed by atoms with Crippen LogP contribution in [-0.2, 0) is 6.61 Å². The summed E-state index contributed by atoms with van der Waals surface area (Å²) in [6.45, 7) is 0.321. The second-order valence-electron chi connectivity index (χ2n) is 4.90. The van der Waals surface area contributed by atoms with Crippen molar-refractivity contribution >= 4 is 0 Å². The summed E-state index contributed by atoms with van der Waals surface area (Å²) in [4.78, 5) is 11.6. The van der Waals surface area contributed by atoms with E-state index in [1.54, 1.807) is 0 Å². The third-order valence-electron chi connectivity index (χ3n) is 3.46. The lowest BCUT2D eigenvalue weighted by molar-refractivity contribution is 0.216. The number of ether oxygens (including phenoxy) is 1. The van der Waals surface area contributed by atoms with E-state index in [9.17, 15) is 4.79 Å². The smallest absolute Gasteiger partial charge is 0.227 e. The summed E-state index contributed by atoms with van der Waals surface area (Å²) in [6, 6.07) is 1.28. The Balaban J connectivity index is 1.91. The molecule has 1 fully saturated rings. The number of hydrogen-bond acceptors (Lipinski definition) is 4. The molecule has 0 unspecified atom stereocenters. The van der Waals surface area contributed by atoms with Gasteiger partial charge in [0.1, 0.15) is 18.6 Å². The van der Waals surface area contributed by atoms with Crippen molar-refractivity contribution in [3.8, 4) is 5.75 Å². The largest absolute Gasteiger partial charge is 0.486 e. The minimum absolute atomic E-state index is 0.223. The molecule has 0 spiro atoms. The topological polar surface area (TPSA) is 59.7 Å². The van der Waals surface area contributed by atoms with Crippen molar-refractivity contribution in [2.75, 3.05) is 6.61 Å². The van der Waals surface area contributed by atoms with Crippen LogP contribution in [-0.4, -0.2) is 11.7 Å². The molecule has 2 rings (SSSR count). The van der Waals surface area contributed by atoms with Crippen LogP contribution in [0.4, 0.5) is 0 Å². The summed E-state index contributed by atoms with van der Waals surface area (Å²) in [5.74, 6) is 1.06. The Bertz CT molecular complexity index is 416. The number of rotatable bonds is 4. The van der Waals surface area contributed by atoms with Crippen molar-refractivity contribution < 1.29 is 14.3 Å². The molecule has 1 aromatic rings. The van der Waals surface area contributed by atoms with Crippen molar-refractivity contribution in [3.05, 3.63) is 28.3 Å². The fourth-order valence-corrected chi connectivity index (χ4v) is 2.36. The summed E-state index contributed by atoms with van der Waals surface area (Å²) in [5.41, 5.74) is -0.223. The third-order valence-corrected chi connectivity index (χ3v) is 3.46. The summed E-state index contributed by atoms with van der Waals surface area (Å²) < 4.78 is 10.6. The highest BCUT2D eigenvalue weighted by atomic mass is 16.5. The van der Waals surface area contributed by atoms with Gasteiger partial charge < -0.3 is 14.3 Å². The van der Waals surface area contributed by atoms with Crippen molar-refractivity contribution in [1.82, 2.24) is 0 Å². The minimum atomic E-state index is -0.266. The van der Waals surface area contributed by atoms with Crippen molar-refractivity contribution in [1.29, 1.82) is 0 Å². The summed E-state index contributed by atoms with van der Waals surface area (Å²) >= 11 is 0. The molecular formula is C14H20O4. The molecule has 0 saturated heterocycles. The predicted octanol–water partition coefficient (Wildman–Crippen LogP) is 2.48. The monoisotopic (exact) mass is 252 g/mol. The number of hydrogen-bond donors (Lipinski definition) is 1. The molecule has 0 radical (unpaired) electrons. The second kappa shape index (κ2) is 6.59. The van der Waals surface area contributed by atoms with Gasteiger partial charge in [-0.3, -0.25) is 4.79 Å². The molecule has 1 aromatic heterocycles. The van der Waals surface area contributed by atoms with Crippen LogP contribution >= 0.6 is 0 Å². The van der Waals surface area contributed by atoms with Crippen LogP contribution in [0.3, 0.4) is 0 Å².